The Kier molecular flexibility index (Phi) is 7.04. The van der Waals surface area contributed by atoms with Gasteiger partial charge in [0.1, 0.15) is 34.0 Å². The third-order valence-corrected chi connectivity index (χ3v) is 4.46. The van der Waals surface area contributed by atoms with Crippen molar-refractivity contribution >= 4 is 28.9 Å². The number of hydrogen-bond acceptors (Lipinski definition) is 8. The molecule has 0 fully saturated rings. The molecule has 0 N–H and O–H groups in total. The topological polar surface area (TPSA) is 109 Å². The van der Waals surface area contributed by atoms with E-state index in [0.29, 0.717) is 11.3 Å². The van der Waals surface area contributed by atoms with Gasteiger partial charge in [0.15, 0.2) is 5.43 Å². The van der Waals surface area contributed by atoms with E-state index in [2.05, 4.69) is 0 Å². The van der Waals surface area contributed by atoms with Crippen LogP contribution < -0.4 is 19.6 Å². The third-order valence-electron chi connectivity index (χ3n) is 4.46. The minimum absolute atomic E-state index is 0.0459. The van der Waals surface area contributed by atoms with Gasteiger partial charge in [-0.25, -0.2) is 0 Å². The number of fused-ring (bicyclic) bond motifs is 1. The molecule has 0 aliphatic carbocycles. The van der Waals surface area contributed by atoms with E-state index in [-0.39, 0.29) is 53.5 Å². The SMILES string of the molecule is CCC(=O)Oc1ccc(-c2cc(=O)c3c(OC(=O)CC)cc(OC(=O)CC)cc3o2)cc1. The van der Waals surface area contributed by atoms with Crippen LogP contribution in [-0.2, 0) is 14.4 Å². The lowest BCUT2D eigenvalue weighted by atomic mass is 10.1. The molecule has 0 amide bonds. The molecule has 0 spiro atoms. The lowest BCUT2D eigenvalue weighted by Crippen LogP contribution is -2.11. The molecule has 8 nitrogen and oxygen atoms in total. The predicted molar refractivity (Wildman–Crippen MR) is 116 cm³/mol. The monoisotopic (exact) mass is 438 g/mol. The molecule has 0 saturated carbocycles. The molecular formula is C24H22O8. The number of carbonyl (C=O) groups is 3. The Morgan fingerprint density at radius 3 is 1.91 bits per heavy atom. The maximum atomic E-state index is 12.9. The van der Waals surface area contributed by atoms with Gasteiger partial charge in [-0.2, -0.15) is 0 Å². The van der Waals surface area contributed by atoms with E-state index in [1.807, 2.05) is 0 Å². The van der Waals surface area contributed by atoms with E-state index in [1.165, 1.54) is 18.2 Å². The van der Waals surface area contributed by atoms with Crippen molar-refractivity contribution in [3.8, 4) is 28.6 Å². The quantitative estimate of drug-likeness (QED) is 0.394. The molecule has 0 unspecified atom stereocenters. The molecule has 3 aromatic rings. The van der Waals surface area contributed by atoms with E-state index >= 15 is 0 Å². The standard InChI is InChI=1S/C24H22O8/c1-4-21(26)29-15-9-7-14(8-10-15)18-13-17(25)24-19(31-18)11-16(30-22(27)5-2)12-20(24)32-23(28)6-3/h7-13H,4-6H2,1-3H3. The zero-order chi connectivity index (χ0) is 23.3. The lowest BCUT2D eigenvalue weighted by Gasteiger charge is -2.11. The molecule has 0 saturated heterocycles. The third kappa shape index (κ3) is 5.21. The van der Waals surface area contributed by atoms with Crippen molar-refractivity contribution in [3.05, 3.63) is 52.7 Å². The van der Waals surface area contributed by atoms with Gasteiger partial charge in [0.25, 0.3) is 0 Å². The second-order valence-corrected chi connectivity index (χ2v) is 6.78. The van der Waals surface area contributed by atoms with Gasteiger partial charge < -0.3 is 18.6 Å². The van der Waals surface area contributed by atoms with E-state index in [1.54, 1.807) is 45.0 Å². The van der Waals surface area contributed by atoms with Crippen LogP contribution >= 0.6 is 0 Å². The summed E-state index contributed by atoms with van der Waals surface area (Å²) in [5.41, 5.74) is 0.215. The Bertz CT molecular complexity index is 1220. The zero-order valence-corrected chi connectivity index (χ0v) is 17.9. The van der Waals surface area contributed by atoms with Crippen molar-refractivity contribution in [1.29, 1.82) is 0 Å². The van der Waals surface area contributed by atoms with E-state index in [4.69, 9.17) is 18.6 Å². The largest absolute Gasteiger partial charge is 0.456 e. The maximum Gasteiger partial charge on any atom is 0.310 e. The highest BCUT2D eigenvalue weighted by Crippen LogP contribution is 2.33. The summed E-state index contributed by atoms with van der Waals surface area (Å²) in [5.74, 6) is -0.758. The Morgan fingerprint density at radius 2 is 1.31 bits per heavy atom. The average molecular weight is 438 g/mol. The molecule has 2 aromatic carbocycles. The summed E-state index contributed by atoms with van der Waals surface area (Å²) < 4.78 is 21.6. The molecule has 166 valence electrons. The van der Waals surface area contributed by atoms with Gasteiger partial charge in [0, 0.05) is 43.0 Å². The van der Waals surface area contributed by atoms with Crippen LogP contribution in [0.1, 0.15) is 40.0 Å². The number of rotatable bonds is 7. The first kappa shape index (κ1) is 22.7. The van der Waals surface area contributed by atoms with E-state index in [0.717, 1.165) is 0 Å². The van der Waals surface area contributed by atoms with Crippen molar-refractivity contribution in [3.63, 3.8) is 0 Å². The van der Waals surface area contributed by atoms with Gasteiger partial charge in [-0.1, -0.05) is 20.8 Å². The van der Waals surface area contributed by atoms with Crippen molar-refractivity contribution in [1.82, 2.24) is 0 Å². The minimum atomic E-state index is -0.550. The summed E-state index contributed by atoms with van der Waals surface area (Å²) in [6, 6.07) is 10.4. The van der Waals surface area contributed by atoms with E-state index in [9.17, 15) is 19.2 Å². The fourth-order valence-corrected chi connectivity index (χ4v) is 2.80. The minimum Gasteiger partial charge on any atom is -0.456 e. The van der Waals surface area contributed by atoms with Gasteiger partial charge in [0.2, 0.25) is 0 Å². The first-order valence-electron chi connectivity index (χ1n) is 10.2. The highest BCUT2D eigenvalue weighted by molar-refractivity contribution is 5.89. The fraction of sp³-hybridized carbons (Fsp3) is 0.250. The van der Waals surface area contributed by atoms with Gasteiger partial charge in [-0.05, 0) is 24.3 Å². The molecule has 0 atom stereocenters. The van der Waals surface area contributed by atoms with Gasteiger partial charge in [-0.15, -0.1) is 0 Å². The molecule has 0 bridgehead atoms. The number of ether oxygens (including phenoxy) is 3. The molecule has 1 heterocycles. The van der Waals surface area contributed by atoms with Crippen LogP contribution in [-0.4, -0.2) is 17.9 Å². The Morgan fingerprint density at radius 1 is 0.750 bits per heavy atom. The van der Waals surface area contributed by atoms with Crippen LogP contribution in [0.4, 0.5) is 0 Å². The van der Waals surface area contributed by atoms with Crippen LogP contribution in [0.25, 0.3) is 22.3 Å². The predicted octanol–water partition coefficient (Wildman–Crippen LogP) is 4.41. The fourth-order valence-electron chi connectivity index (χ4n) is 2.80. The van der Waals surface area contributed by atoms with Crippen molar-refractivity contribution in [2.75, 3.05) is 0 Å². The number of hydrogen-bond donors (Lipinski definition) is 0. The molecule has 3 rings (SSSR count). The van der Waals surface area contributed by atoms with Crippen molar-refractivity contribution < 1.29 is 33.0 Å². The Hall–Kier alpha value is -3.94. The summed E-state index contributed by atoms with van der Waals surface area (Å²) in [6.07, 6.45) is 0.483. The van der Waals surface area contributed by atoms with Crippen LogP contribution in [0, 0.1) is 0 Å². The molecule has 8 heteroatoms. The summed E-state index contributed by atoms with van der Waals surface area (Å²) in [6.45, 7) is 4.95. The smallest absolute Gasteiger partial charge is 0.310 e. The molecule has 32 heavy (non-hydrogen) atoms. The summed E-state index contributed by atoms with van der Waals surface area (Å²) in [7, 11) is 0. The van der Waals surface area contributed by atoms with Crippen LogP contribution in [0.15, 0.2) is 51.7 Å². The van der Waals surface area contributed by atoms with Crippen LogP contribution in [0.2, 0.25) is 0 Å². The summed E-state index contributed by atoms with van der Waals surface area (Å²) in [5, 5.41) is 0.0559. The molecule has 0 radical (unpaired) electrons. The van der Waals surface area contributed by atoms with Gasteiger partial charge in [-0.3, -0.25) is 19.2 Å². The normalized spacial score (nSPS) is 10.6. The molecule has 1 aromatic heterocycles. The first-order chi connectivity index (χ1) is 15.3. The maximum absolute atomic E-state index is 12.9. The van der Waals surface area contributed by atoms with Crippen molar-refractivity contribution in [2.45, 2.75) is 40.0 Å². The number of benzene rings is 2. The first-order valence-corrected chi connectivity index (χ1v) is 10.2. The summed E-state index contributed by atoms with van der Waals surface area (Å²) >= 11 is 0. The zero-order valence-electron chi connectivity index (χ0n) is 17.9. The second-order valence-electron chi connectivity index (χ2n) is 6.78. The van der Waals surface area contributed by atoms with E-state index < -0.39 is 17.4 Å². The lowest BCUT2D eigenvalue weighted by molar-refractivity contribution is -0.135. The highest BCUT2D eigenvalue weighted by atomic mass is 16.5. The van der Waals surface area contributed by atoms with Crippen LogP contribution in [0.5, 0.6) is 17.2 Å². The Balaban J connectivity index is 2.08. The average Bonchev–Trinajstić information content (AvgIpc) is 2.78. The highest BCUT2D eigenvalue weighted by Gasteiger charge is 2.17. The van der Waals surface area contributed by atoms with Crippen molar-refractivity contribution in [2.24, 2.45) is 0 Å². The number of esters is 3. The Labute approximate surface area is 183 Å². The van der Waals surface area contributed by atoms with Crippen LogP contribution in [0.3, 0.4) is 0 Å². The summed E-state index contributed by atoms with van der Waals surface area (Å²) in [4.78, 5) is 47.9. The molecular weight excluding hydrogens is 416 g/mol. The second kappa shape index (κ2) is 9.91. The molecule has 0 aliphatic rings. The van der Waals surface area contributed by atoms with Gasteiger partial charge >= 0.3 is 17.9 Å². The molecule has 0 aliphatic heterocycles. The van der Waals surface area contributed by atoms with Gasteiger partial charge in [0.05, 0.1) is 0 Å². The number of carbonyl (C=O) groups excluding carboxylic acids is 3.